The Bertz CT molecular complexity index is 527. The number of hydrogen-bond acceptors (Lipinski definition) is 4. The molecule has 0 spiro atoms. The van der Waals surface area contributed by atoms with Gasteiger partial charge in [-0.1, -0.05) is 11.6 Å². The smallest absolute Gasteiger partial charge is 0.244 e. The molecule has 1 atom stereocenters. The number of ether oxygens (including phenoxy) is 1. The van der Waals surface area contributed by atoms with Gasteiger partial charge in [0, 0.05) is 17.6 Å². The summed E-state index contributed by atoms with van der Waals surface area (Å²) < 4.78 is 32.2. The highest BCUT2D eigenvalue weighted by Crippen LogP contribution is 2.27. The summed E-state index contributed by atoms with van der Waals surface area (Å²) in [6.45, 7) is 1.46. The first kappa shape index (κ1) is 13.6. The van der Waals surface area contributed by atoms with Crippen molar-refractivity contribution in [2.45, 2.75) is 17.4 Å². The highest BCUT2D eigenvalue weighted by molar-refractivity contribution is 7.89. The fourth-order valence-electron chi connectivity index (χ4n) is 1.90. The van der Waals surface area contributed by atoms with Crippen molar-refractivity contribution >= 4 is 21.6 Å². The Morgan fingerprint density at radius 3 is 2.89 bits per heavy atom. The lowest BCUT2D eigenvalue weighted by molar-refractivity contribution is 0.402. The van der Waals surface area contributed by atoms with Crippen LogP contribution in [0.4, 0.5) is 0 Å². The maximum Gasteiger partial charge on any atom is 0.244 e. The molecular formula is C11H15ClN2O3S. The maximum absolute atomic E-state index is 12.2. The van der Waals surface area contributed by atoms with Gasteiger partial charge < -0.3 is 10.1 Å². The maximum atomic E-state index is 12.2. The number of nitrogens with one attached hydrogen (secondary N) is 2. The largest absolute Gasteiger partial charge is 0.495 e. The van der Waals surface area contributed by atoms with Crippen LogP contribution in [0, 0.1) is 0 Å². The molecule has 1 aliphatic heterocycles. The average Bonchev–Trinajstić information content (AvgIpc) is 2.81. The molecule has 1 saturated heterocycles. The molecule has 0 amide bonds. The molecule has 1 fully saturated rings. The number of benzene rings is 1. The van der Waals surface area contributed by atoms with Crippen LogP contribution in [0.3, 0.4) is 0 Å². The zero-order valence-corrected chi connectivity index (χ0v) is 11.5. The summed E-state index contributed by atoms with van der Waals surface area (Å²) in [5, 5.41) is 3.46. The molecule has 100 valence electrons. The van der Waals surface area contributed by atoms with Crippen LogP contribution in [0.25, 0.3) is 0 Å². The van der Waals surface area contributed by atoms with Gasteiger partial charge in [0.05, 0.1) is 7.11 Å². The number of halogens is 1. The Morgan fingerprint density at radius 1 is 1.50 bits per heavy atom. The molecule has 1 unspecified atom stereocenters. The molecule has 2 rings (SSSR count). The Labute approximate surface area is 112 Å². The van der Waals surface area contributed by atoms with E-state index in [2.05, 4.69) is 10.0 Å². The molecular weight excluding hydrogens is 276 g/mol. The van der Waals surface area contributed by atoms with E-state index in [-0.39, 0.29) is 16.7 Å². The number of hydrogen-bond donors (Lipinski definition) is 2. The van der Waals surface area contributed by atoms with Gasteiger partial charge in [0.2, 0.25) is 10.0 Å². The molecule has 2 N–H and O–H groups in total. The number of sulfonamides is 1. The first-order chi connectivity index (χ1) is 8.53. The van der Waals surface area contributed by atoms with Crippen LogP contribution in [0.2, 0.25) is 5.02 Å². The fraction of sp³-hybridized carbons (Fsp3) is 0.455. The molecule has 7 heteroatoms. The van der Waals surface area contributed by atoms with Crippen LogP contribution in [-0.2, 0) is 10.0 Å². The van der Waals surface area contributed by atoms with Crippen molar-refractivity contribution < 1.29 is 13.2 Å². The summed E-state index contributed by atoms with van der Waals surface area (Å²) in [6.07, 6.45) is 0.780. The van der Waals surface area contributed by atoms with Crippen molar-refractivity contribution in [2.24, 2.45) is 0 Å². The minimum atomic E-state index is -3.61. The van der Waals surface area contributed by atoms with Gasteiger partial charge in [-0.15, -0.1) is 0 Å². The minimum Gasteiger partial charge on any atom is -0.495 e. The lowest BCUT2D eigenvalue weighted by Crippen LogP contribution is -2.36. The van der Waals surface area contributed by atoms with Crippen molar-refractivity contribution in [1.82, 2.24) is 10.0 Å². The molecule has 1 aromatic rings. The van der Waals surface area contributed by atoms with Gasteiger partial charge in [0.1, 0.15) is 10.6 Å². The Kier molecular flexibility index (Phi) is 4.11. The van der Waals surface area contributed by atoms with Gasteiger partial charge >= 0.3 is 0 Å². The van der Waals surface area contributed by atoms with Gasteiger partial charge in [0.25, 0.3) is 0 Å². The molecule has 0 bridgehead atoms. The van der Waals surface area contributed by atoms with Crippen LogP contribution >= 0.6 is 11.6 Å². The topological polar surface area (TPSA) is 67.4 Å². The molecule has 0 saturated carbocycles. The predicted octanol–water partition coefficient (Wildman–Crippen LogP) is 0.989. The van der Waals surface area contributed by atoms with Crippen LogP contribution in [0.5, 0.6) is 5.75 Å². The lowest BCUT2D eigenvalue weighted by atomic mass is 10.3. The van der Waals surface area contributed by atoms with E-state index in [0.29, 0.717) is 11.6 Å². The summed E-state index contributed by atoms with van der Waals surface area (Å²) in [5.41, 5.74) is 0. The van der Waals surface area contributed by atoms with Gasteiger partial charge in [-0.25, -0.2) is 13.1 Å². The van der Waals surface area contributed by atoms with Crippen LogP contribution in [0.15, 0.2) is 23.1 Å². The first-order valence-corrected chi connectivity index (χ1v) is 7.45. The zero-order valence-electron chi connectivity index (χ0n) is 9.94. The highest BCUT2D eigenvalue weighted by Gasteiger charge is 2.25. The molecule has 0 aliphatic carbocycles. The zero-order chi connectivity index (χ0) is 13.2. The summed E-state index contributed by atoms with van der Waals surface area (Å²) in [7, 11) is -2.18. The molecule has 5 nitrogen and oxygen atoms in total. The van der Waals surface area contributed by atoms with Gasteiger partial charge in [0.15, 0.2) is 0 Å². The third kappa shape index (κ3) is 2.95. The van der Waals surface area contributed by atoms with Gasteiger partial charge in [-0.3, -0.25) is 0 Å². The average molecular weight is 291 g/mol. The molecule has 1 aromatic carbocycles. The van der Waals surface area contributed by atoms with Crippen LogP contribution in [-0.4, -0.2) is 34.7 Å². The number of rotatable bonds is 4. The van der Waals surface area contributed by atoms with Crippen molar-refractivity contribution in [2.75, 3.05) is 20.2 Å². The first-order valence-electron chi connectivity index (χ1n) is 5.59. The monoisotopic (exact) mass is 290 g/mol. The molecule has 0 aromatic heterocycles. The van der Waals surface area contributed by atoms with Crippen molar-refractivity contribution in [3.63, 3.8) is 0 Å². The fourth-order valence-corrected chi connectivity index (χ4v) is 3.60. The normalized spacial score (nSPS) is 20.0. The predicted molar refractivity (Wildman–Crippen MR) is 69.6 cm³/mol. The lowest BCUT2D eigenvalue weighted by Gasteiger charge is -2.14. The second-order valence-corrected chi connectivity index (χ2v) is 6.23. The quantitative estimate of drug-likeness (QED) is 0.868. The van der Waals surface area contributed by atoms with Crippen LogP contribution in [0.1, 0.15) is 6.42 Å². The van der Waals surface area contributed by atoms with Crippen LogP contribution < -0.4 is 14.8 Å². The summed E-state index contributed by atoms with van der Waals surface area (Å²) in [4.78, 5) is 0.0735. The van der Waals surface area contributed by atoms with E-state index in [9.17, 15) is 8.42 Å². The third-order valence-electron chi connectivity index (χ3n) is 2.80. The summed E-state index contributed by atoms with van der Waals surface area (Å²) in [6, 6.07) is 4.45. The number of methoxy groups -OCH3 is 1. The van der Waals surface area contributed by atoms with E-state index in [4.69, 9.17) is 16.3 Å². The molecule has 1 heterocycles. The van der Waals surface area contributed by atoms with Crippen molar-refractivity contribution in [3.05, 3.63) is 23.2 Å². The molecule has 1 aliphatic rings. The van der Waals surface area contributed by atoms with Gasteiger partial charge in [-0.2, -0.15) is 0 Å². The third-order valence-corrected chi connectivity index (χ3v) is 4.57. The summed E-state index contributed by atoms with van der Waals surface area (Å²) >= 11 is 5.84. The Hall–Kier alpha value is -0.820. The van der Waals surface area contributed by atoms with Gasteiger partial charge in [-0.05, 0) is 31.2 Å². The Balaban J connectivity index is 2.30. The van der Waals surface area contributed by atoms with E-state index < -0.39 is 10.0 Å². The molecule has 18 heavy (non-hydrogen) atoms. The second kappa shape index (κ2) is 5.44. The van der Waals surface area contributed by atoms with E-state index >= 15 is 0 Å². The molecule has 0 radical (unpaired) electrons. The standard InChI is InChI=1S/C11H15ClN2O3S/c1-17-10-3-2-8(12)6-11(10)18(15,16)14-9-4-5-13-7-9/h2-3,6,9,13-14H,4-5,7H2,1H3. The van der Waals surface area contributed by atoms with Crippen molar-refractivity contribution in [1.29, 1.82) is 0 Å². The van der Waals surface area contributed by atoms with Crippen molar-refractivity contribution in [3.8, 4) is 5.75 Å². The second-order valence-electron chi connectivity index (χ2n) is 4.11. The SMILES string of the molecule is COc1ccc(Cl)cc1S(=O)(=O)NC1CCNC1. The summed E-state index contributed by atoms with van der Waals surface area (Å²) in [5.74, 6) is 0.290. The van der Waals surface area contributed by atoms with E-state index in [1.54, 1.807) is 12.1 Å². The van der Waals surface area contributed by atoms with E-state index in [1.165, 1.54) is 13.2 Å². The highest BCUT2D eigenvalue weighted by atomic mass is 35.5. The van der Waals surface area contributed by atoms with E-state index in [1.807, 2.05) is 0 Å². The Morgan fingerprint density at radius 2 is 2.28 bits per heavy atom. The minimum absolute atomic E-state index is 0.0735. The van der Waals surface area contributed by atoms with E-state index in [0.717, 1.165) is 13.0 Å².